The number of esters is 1. The molecule has 202 valence electrons. The van der Waals surface area contributed by atoms with Crippen molar-refractivity contribution in [2.75, 3.05) is 0 Å². The van der Waals surface area contributed by atoms with Crippen LogP contribution < -0.4 is 5.73 Å². The number of allylic oxidation sites excluding steroid dienone is 1. The van der Waals surface area contributed by atoms with Crippen molar-refractivity contribution in [3.63, 3.8) is 0 Å². The highest BCUT2D eigenvalue weighted by molar-refractivity contribution is 7.09. The standard InChI is InChI=1S/C28H44N2O5S/c1-7-21-26(33)18(3)10-8-9-17(2)11-12-22(19(4)13-20-16-36-24(15-29)30-20)35-25(32)14-23(31)28(5,6)27(21)34/h11,13,16,18,21-23,26,31,33H,7-10,12,14-15,29H2,1-6H3/b17-11-,19-13+/t18-,21+,22-,23-,26-/m0/s1. The summed E-state index contributed by atoms with van der Waals surface area (Å²) >= 11 is 1.48. The second kappa shape index (κ2) is 13.6. The van der Waals surface area contributed by atoms with Gasteiger partial charge in [0.15, 0.2) is 0 Å². The maximum absolute atomic E-state index is 13.4. The summed E-state index contributed by atoms with van der Waals surface area (Å²) < 4.78 is 5.84. The molecule has 5 atom stereocenters. The van der Waals surface area contributed by atoms with Gasteiger partial charge in [0.05, 0.1) is 29.7 Å². The molecule has 0 unspecified atom stereocenters. The van der Waals surface area contributed by atoms with Crippen molar-refractivity contribution in [2.45, 2.75) is 105 Å². The van der Waals surface area contributed by atoms with Crippen LogP contribution in [0.4, 0.5) is 0 Å². The molecule has 0 saturated heterocycles. The summed E-state index contributed by atoms with van der Waals surface area (Å²) in [6, 6.07) is 0. The highest BCUT2D eigenvalue weighted by Gasteiger charge is 2.43. The molecule has 0 radical (unpaired) electrons. The Morgan fingerprint density at radius 2 is 2.03 bits per heavy atom. The Morgan fingerprint density at radius 3 is 2.64 bits per heavy atom. The number of carbonyl (C=O) groups is 2. The zero-order valence-electron chi connectivity index (χ0n) is 22.6. The van der Waals surface area contributed by atoms with E-state index in [1.807, 2.05) is 32.2 Å². The molecule has 2 rings (SSSR count). The number of nitrogens with two attached hydrogens (primary N) is 1. The molecule has 4 N–H and O–H groups in total. The Labute approximate surface area is 219 Å². The van der Waals surface area contributed by atoms with E-state index in [1.54, 1.807) is 13.8 Å². The lowest BCUT2D eigenvalue weighted by molar-refractivity contribution is -0.154. The van der Waals surface area contributed by atoms with Gasteiger partial charge in [-0.05, 0) is 57.1 Å². The van der Waals surface area contributed by atoms with Crippen molar-refractivity contribution < 1.29 is 24.5 Å². The van der Waals surface area contributed by atoms with Crippen LogP contribution >= 0.6 is 11.3 Å². The van der Waals surface area contributed by atoms with Crippen LogP contribution in [-0.4, -0.2) is 45.3 Å². The van der Waals surface area contributed by atoms with Gasteiger partial charge in [-0.25, -0.2) is 4.98 Å². The monoisotopic (exact) mass is 520 g/mol. The first-order valence-electron chi connectivity index (χ1n) is 13.0. The normalized spacial score (nSPS) is 31.0. The third-order valence-corrected chi connectivity index (χ3v) is 8.30. The summed E-state index contributed by atoms with van der Waals surface area (Å²) in [6.45, 7) is 11.5. The van der Waals surface area contributed by atoms with Crippen molar-refractivity contribution in [2.24, 2.45) is 23.0 Å². The van der Waals surface area contributed by atoms with Gasteiger partial charge in [-0.15, -0.1) is 11.3 Å². The zero-order valence-corrected chi connectivity index (χ0v) is 23.4. The number of carbonyl (C=O) groups excluding carboxylic acids is 2. The number of aliphatic hydroxyl groups is 2. The molecule has 2 heterocycles. The lowest BCUT2D eigenvalue weighted by Gasteiger charge is -2.35. The fraction of sp³-hybridized carbons (Fsp3) is 0.679. The summed E-state index contributed by atoms with van der Waals surface area (Å²) in [5.74, 6) is -1.44. The highest BCUT2D eigenvalue weighted by Crippen LogP contribution is 2.34. The molecule has 0 amide bonds. The van der Waals surface area contributed by atoms with Crippen molar-refractivity contribution in [3.05, 3.63) is 33.3 Å². The summed E-state index contributed by atoms with van der Waals surface area (Å²) in [7, 11) is 0. The molecule has 0 spiro atoms. The van der Waals surface area contributed by atoms with Crippen LogP contribution in [0.25, 0.3) is 6.08 Å². The molecule has 0 bridgehead atoms. The Kier molecular flexibility index (Phi) is 11.5. The second-order valence-corrected chi connectivity index (χ2v) is 11.6. The zero-order chi connectivity index (χ0) is 27.0. The number of Topliss-reactive ketones (excluding diaryl/α,β-unsaturated/α-hetero) is 1. The molecule has 0 saturated carbocycles. The number of aliphatic hydroxyl groups excluding tert-OH is 2. The Balaban J connectivity index is 2.35. The minimum Gasteiger partial charge on any atom is -0.457 e. The van der Waals surface area contributed by atoms with Gasteiger partial charge < -0.3 is 20.7 Å². The highest BCUT2D eigenvalue weighted by atomic mass is 32.1. The average molecular weight is 521 g/mol. The number of aromatic nitrogens is 1. The van der Waals surface area contributed by atoms with Crippen LogP contribution in [0.3, 0.4) is 0 Å². The number of cyclic esters (lactones) is 1. The number of ketones is 1. The van der Waals surface area contributed by atoms with Gasteiger partial charge in [-0.1, -0.05) is 39.3 Å². The average Bonchev–Trinajstić information content (AvgIpc) is 3.28. The van der Waals surface area contributed by atoms with Gasteiger partial charge in [0.1, 0.15) is 16.9 Å². The molecule has 1 aromatic rings. The molecule has 1 aromatic heterocycles. The lowest BCUT2D eigenvalue weighted by Crippen LogP contribution is -2.46. The van der Waals surface area contributed by atoms with Gasteiger partial charge in [-0.3, -0.25) is 9.59 Å². The van der Waals surface area contributed by atoms with Crippen molar-refractivity contribution in [3.8, 4) is 0 Å². The van der Waals surface area contributed by atoms with E-state index >= 15 is 0 Å². The molecular weight excluding hydrogens is 476 g/mol. The number of hydrogen-bond donors (Lipinski definition) is 3. The quantitative estimate of drug-likeness (QED) is 0.385. The van der Waals surface area contributed by atoms with Crippen LogP contribution in [0.5, 0.6) is 0 Å². The topological polar surface area (TPSA) is 123 Å². The predicted octanol–water partition coefficient (Wildman–Crippen LogP) is 4.81. The third-order valence-electron chi connectivity index (χ3n) is 7.41. The summed E-state index contributed by atoms with van der Waals surface area (Å²) in [4.78, 5) is 30.8. The van der Waals surface area contributed by atoms with Gasteiger partial charge in [-0.2, -0.15) is 0 Å². The predicted molar refractivity (Wildman–Crippen MR) is 144 cm³/mol. The van der Waals surface area contributed by atoms with Crippen molar-refractivity contribution >= 4 is 29.2 Å². The van der Waals surface area contributed by atoms with E-state index in [0.717, 1.165) is 35.5 Å². The van der Waals surface area contributed by atoms with Crippen LogP contribution in [0.2, 0.25) is 0 Å². The van der Waals surface area contributed by atoms with E-state index in [1.165, 1.54) is 16.9 Å². The SMILES string of the molecule is CC[C@H]1C(=O)C(C)(C)[C@@H](O)CC(=O)O[C@H](/C(C)=C/c2csc(CN)n2)C/C=C(/C)CCC[C@H](C)[C@@H]1O. The van der Waals surface area contributed by atoms with E-state index in [4.69, 9.17) is 10.5 Å². The minimum atomic E-state index is -1.23. The Morgan fingerprint density at radius 1 is 1.33 bits per heavy atom. The third kappa shape index (κ3) is 8.07. The van der Waals surface area contributed by atoms with Crippen LogP contribution in [0.1, 0.15) is 90.8 Å². The van der Waals surface area contributed by atoms with Crippen LogP contribution in [0.15, 0.2) is 22.6 Å². The van der Waals surface area contributed by atoms with E-state index in [9.17, 15) is 19.8 Å². The smallest absolute Gasteiger partial charge is 0.309 e. The first-order chi connectivity index (χ1) is 16.9. The molecule has 0 fully saturated rings. The van der Waals surface area contributed by atoms with Crippen molar-refractivity contribution in [1.29, 1.82) is 0 Å². The number of rotatable bonds is 4. The minimum absolute atomic E-state index is 0.0491. The number of nitrogens with zero attached hydrogens (tertiary/aromatic N) is 1. The maximum Gasteiger partial charge on any atom is 0.309 e. The van der Waals surface area contributed by atoms with Gasteiger partial charge in [0.25, 0.3) is 0 Å². The molecule has 8 heteroatoms. The lowest BCUT2D eigenvalue weighted by atomic mass is 9.71. The molecule has 1 aliphatic heterocycles. The molecule has 1 aliphatic rings. The van der Waals surface area contributed by atoms with E-state index in [2.05, 4.69) is 18.0 Å². The molecular formula is C28H44N2O5S. The second-order valence-electron chi connectivity index (χ2n) is 10.7. The van der Waals surface area contributed by atoms with Crippen LogP contribution in [-0.2, 0) is 20.9 Å². The number of thiazole rings is 1. The number of ether oxygens (including phenoxy) is 1. The first kappa shape index (κ1) is 30.4. The molecule has 36 heavy (non-hydrogen) atoms. The Hall–Kier alpha value is -1.87. The first-order valence-corrected chi connectivity index (χ1v) is 13.9. The van der Waals surface area contributed by atoms with E-state index < -0.39 is 35.6 Å². The molecule has 7 nitrogen and oxygen atoms in total. The van der Waals surface area contributed by atoms with Crippen molar-refractivity contribution in [1.82, 2.24) is 4.98 Å². The van der Waals surface area contributed by atoms with Gasteiger partial charge in [0, 0.05) is 24.3 Å². The summed E-state index contributed by atoms with van der Waals surface area (Å²) in [6.07, 6.45) is 4.67. The largest absolute Gasteiger partial charge is 0.457 e. The maximum atomic E-state index is 13.4. The van der Waals surface area contributed by atoms with E-state index in [-0.39, 0.29) is 18.1 Å². The number of hydrogen-bond acceptors (Lipinski definition) is 8. The fourth-order valence-corrected chi connectivity index (χ4v) is 5.29. The van der Waals surface area contributed by atoms with Gasteiger partial charge in [0.2, 0.25) is 0 Å². The fourth-order valence-electron chi connectivity index (χ4n) is 4.66. The van der Waals surface area contributed by atoms with E-state index in [0.29, 0.717) is 19.4 Å². The van der Waals surface area contributed by atoms with Crippen LogP contribution in [0, 0.1) is 17.3 Å². The summed E-state index contributed by atoms with van der Waals surface area (Å²) in [5.41, 5.74) is 7.27. The molecule has 0 aromatic carbocycles. The molecule has 0 aliphatic carbocycles. The Bertz CT molecular complexity index is 951. The summed E-state index contributed by atoms with van der Waals surface area (Å²) in [5, 5.41) is 24.6. The van der Waals surface area contributed by atoms with Gasteiger partial charge >= 0.3 is 5.97 Å².